The molecule has 1 nitrogen and oxygen atoms in total. The van der Waals surface area contributed by atoms with E-state index in [1.807, 2.05) is 12.1 Å². The van der Waals surface area contributed by atoms with Gasteiger partial charge in [0.15, 0.2) is 6.29 Å². The van der Waals surface area contributed by atoms with Crippen LogP contribution in [0.1, 0.15) is 15.2 Å². The molecule has 2 aromatic heterocycles. The first-order chi connectivity index (χ1) is 9.28. The summed E-state index contributed by atoms with van der Waals surface area (Å²) in [5, 5.41) is 2.09. The van der Waals surface area contributed by atoms with Gasteiger partial charge < -0.3 is 0 Å². The molecule has 19 heavy (non-hydrogen) atoms. The van der Waals surface area contributed by atoms with Crippen LogP contribution in [0.5, 0.6) is 0 Å². The minimum Gasteiger partial charge on any atom is -0.297 e. The lowest BCUT2D eigenvalue weighted by Crippen LogP contribution is -1.81. The SMILES string of the molecule is Cc1cc(-c2cccs2)ccc1-c1ccc(C=O)s1. The molecular formula is C16H12OS2. The van der Waals surface area contributed by atoms with Gasteiger partial charge in [-0.2, -0.15) is 0 Å². The smallest absolute Gasteiger partial charge is 0.160 e. The number of hydrogen-bond donors (Lipinski definition) is 0. The van der Waals surface area contributed by atoms with Crippen LogP contribution < -0.4 is 0 Å². The van der Waals surface area contributed by atoms with Crippen LogP contribution in [0.3, 0.4) is 0 Å². The number of aldehydes is 1. The van der Waals surface area contributed by atoms with Crippen molar-refractivity contribution in [3.8, 4) is 20.9 Å². The van der Waals surface area contributed by atoms with Crippen molar-refractivity contribution >= 4 is 29.0 Å². The minimum absolute atomic E-state index is 0.775. The zero-order chi connectivity index (χ0) is 13.2. The molecule has 0 saturated carbocycles. The molecule has 0 radical (unpaired) electrons. The molecule has 3 heteroatoms. The number of carbonyl (C=O) groups excluding carboxylic acids is 1. The lowest BCUT2D eigenvalue weighted by Gasteiger charge is -2.06. The minimum atomic E-state index is 0.775. The van der Waals surface area contributed by atoms with Gasteiger partial charge in [0.2, 0.25) is 0 Å². The highest BCUT2D eigenvalue weighted by Crippen LogP contribution is 2.33. The Morgan fingerprint density at radius 1 is 1.05 bits per heavy atom. The van der Waals surface area contributed by atoms with Crippen molar-refractivity contribution in [2.45, 2.75) is 6.92 Å². The molecule has 0 atom stereocenters. The summed E-state index contributed by atoms with van der Waals surface area (Å²) in [7, 11) is 0. The van der Waals surface area contributed by atoms with E-state index in [9.17, 15) is 4.79 Å². The van der Waals surface area contributed by atoms with Gasteiger partial charge in [0, 0.05) is 9.75 Å². The van der Waals surface area contributed by atoms with Crippen LogP contribution in [0.25, 0.3) is 20.9 Å². The summed E-state index contributed by atoms with van der Waals surface area (Å²) < 4.78 is 0. The molecule has 94 valence electrons. The molecule has 0 N–H and O–H groups in total. The normalized spacial score (nSPS) is 10.6. The predicted molar refractivity (Wildman–Crippen MR) is 83.2 cm³/mol. The summed E-state index contributed by atoms with van der Waals surface area (Å²) >= 11 is 3.29. The molecule has 3 rings (SSSR count). The largest absolute Gasteiger partial charge is 0.297 e. The van der Waals surface area contributed by atoms with Crippen LogP contribution >= 0.6 is 22.7 Å². The highest BCUT2D eigenvalue weighted by molar-refractivity contribution is 7.17. The Kier molecular flexibility index (Phi) is 3.32. The monoisotopic (exact) mass is 284 g/mol. The maximum atomic E-state index is 10.8. The summed E-state index contributed by atoms with van der Waals surface area (Å²) in [5.41, 5.74) is 3.70. The molecule has 2 heterocycles. The van der Waals surface area contributed by atoms with Gasteiger partial charge in [-0.1, -0.05) is 18.2 Å². The summed E-state index contributed by atoms with van der Waals surface area (Å²) in [6, 6.07) is 14.6. The fourth-order valence-electron chi connectivity index (χ4n) is 2.10. The topological polar surface area (TPSA) is 17.1 Å². The number of benzene rings is 1. The standard InChI is InChI=1S/C16H12OS2/c1-11-9-12(15-3-2-8-18-15)4-6-14(11)16-7-5-13(10-17)19-16/h2-10H,1H3. The van der Waals surface area contributed by atoms with Crippen molar-refractivity contribution < 1.29 is 4.79 Å². The van der Waals surface area contributed by atoms with Crippen LogP contribution in [-0.4, -0.2) is 6.29 Å². The van der Waals surface area contributed by atoms with Crippen LogP contribution in [0.4, 0.5) is 0 Å². The maximum Gasteiger partial charge on any atom is 0.160 e. The quantitative estimate of drug-likeness (QED) is 0.599. The molecule has 0 spiro atoms. The van der Waals surface area contributed by atoms with Crippen LogP contribution in [0.15, 0.2) is 47.8 Å². The average molecular weight is 284 g/mol. The molecule has 0 aliphatic carbocycles. The van der Waals surface area contributed by atoms with E-state index in [-0.39, 0.29) is 0 Å². The first kappa shape index (κ1) is 12.3. The van der Waals surface area contributed by atoms with E-state index < -0.39 is 0 Å². The molecule has 1 aromatic carbocycles. The Bertz CT molecular complexity index is 708. The van der Waals surface area contributed by atoms with E-state index in [1.54, 1.807) is 11.3 Å². The number of carbonyl (C=O) groups is 1. The van der Waals surface area contributed by atoms with E-state index in [4.69, 9.17) is 0 Å². The molecule has 3 aromatic rings. The van der Waals surface area contributed by atoms with Gasteiger partial charge in [-0.3, -0.25) is 4.79 Å². The average Bonchev–Trinajstić information content (AvgIpc) is 3.10. The van der Waals surface area contributed by atoms with Crippen molar-refractivity contribution in [3.63, 3.8) is 0 Å². The lowest BCUT2D eigenvalue weighted by molar-refractivity contribution is 0.112. The van der Waals surface area contributed by atoms with E-state index in [0.717, 1.165) is 16.0 Å². The molecule has 0 aliphatic rings. The summed E-state index contributed by atoms with van der Waals surface area (Å²) in [6.07, 6.45) is 0.906. The van der Waals surface area contributed by atoms with Crippen molar-refractivity contribution in [2.24, 2.45) is 0 Å². The second-order valence-electron chi connectivity index (χ2n) is 4.33. The molecule has 0 aliphatic heterocycles. The maximum absolute atomic E-state index is 10.8. The highest BCUT2D eigenvalue weighted by Gasteiger charge is 2.07. The fraction of sp³-hybridized carbons (Fsp3) is 0.0625. The van der Waals surface area contributed by atoms with Crippen molar-refractivity contribution in [3.05, 3.63) is 58.3 Å². The molecular weight excluding hydrogens is 272 g/mol. The third-order valence-corrected chi connectivity index (χ3v) is 5.00. The van der Waals surface area contributed by atoms with Gasteiger partial charge in [0.25, 0.3) is 0 Å². The Morgan fingerprint density at radius 3 is 2.58 bits per heavy atom. The third-order valence-electron chi connectivity index (χ3n) is 3.04. The number of aryl methyl sites for hydroxylation is 1. The Balaban J connectivity index is 2.02. The summed E-state index contributed by atoms with van der Waals surface area (Å²) in [4.78, 5) is 14.0. The third kappa shape index (κ3) is 2.39. The summed E-state index contributed by atoms with van der Waals surface area (Å²) in [6.45, 7) is 2.12. The molecule has 0 fully saturated rings. The Morgan fingerprint density at radius 2 is 1.95 bits per heavy atom. The number of hydrogen-bond acceptors (Lipinski definition) is 3. The Labute approximate surface area is 120 Å². The van der Waals surface area contributed by atoms with Crippen molar-refractivity contribution in [2.75, 3.05) is 0 Å². The molecule has 0 saturated heterocycles. The molecule has 0 unspecified atom stereocenters. The van der Waals surface area contributed by atoms with Gasteiger partial charge in [-0.15, -0.1) is 22.7 Å². The van der Waals surface area contributed by atoms with Crippen LogP contribution in [0, 0.1) is 6.92 Å². The number of rotatable bonds is 3. The second kappa shape index (κ2) is 5.11. The van der Waals surface area contributed by atoms with Gasteiger partial charge in [0.1, 0.15) is 0 Å². The van der Waals surface area contributed by atoms with E-state index in [0.29, 0.717) is 0 Å². The van der Waals surface area contributed by atoms with Gasteiger partial charge in [-0.05, 0) is 53.3 Å². The van der Waals surface area contributed by atoms with E-state index in [1.165, 1.54) is 32.9 Å². The second-order valence-corrected chi connectivity index (χ2v) is 6.39. The first-order valence-electron chi connectivity index (χ1n) is 5.98. The number of thiophene rings is 2. The Hall–Kier alpha value is -1.71. The first-order valence-corrected chi connectivity index (χ1v) is 7.67. The van der Waals surface area contributed by atoms with E-state index >= 15 is 0 Å². The van der Waals surface area contributed by atoms with Gasteiger partial charge >= 0.3 is 0 Å². The van der Waals surface area contributed by atoms with Gasteiger partial charge in [0.05, 0.1) is 4.88 Å². The van der Waals surface area contributed by atoms with Crippen LogP contribution in [0.2, 0.25) is 0 Å². The summed E-state index contributed by atoms with van der Waals surface area (Å²) in [5.74, 6) is 0. The predicted octanol–water partition coefficient (Wildman–Crippen LogP) is 5.26. The van der Waals surface area contributed by atoms with Crippen LogP contribution in [-0.2, 0) is 0 Å². The zero-order valence-corrected chi connectivity index (χ0v) is 12.1. The highest BCUT2D eigenvalue weighted by atomic mass is 32.1. The van der Waals surface area contributed by atoms with E-state index in [2.05, 4.69) is 42.6 Å². The molecule has 0 bridgehead atoms. The van der Waals surface area contributed by atoms with Gasteiger partial charge in [-0.25, -0.2) is 0 Å². The lowest BCUT2D eigenvalue weighted by atomic mass is 10.0. The molecule has 0 amide bonds. The zero-order valence-electron chi connectivity index (χ0n) is 10.4. The fourth-order valence-corrected chi connectivity index (χ4v) is 3.73. The van der Waals surface area contributed by atoms with Crippen molar-refractivity contribution in [1.29, 1.82) is 0 Å². The van der Waals surface area contributed by atoms with Crippen molar-refractivity contribution in [1.82, 2.24) is 0 Å².